The topological polar surface area (TPSA) is 68.5 Å². The second kappa shape index (κ2) is 8.36. The summed E-state index contributed by atoms with van der Waals surface area (Å²) in [6, 6.07) is 17.5. The van der Waals surface area contributed by atoms with Crippen LogP contribution in [0.1, 0.15) is 19.4 Å². The van der Waals surface area contributed by atoms with E-state index in [1.165, 1.54) is 11.8 Å². The van der Waals surface area contributed by atoms with Gasteiger partial charge in [0.05, 0.1) is 17.9 Å². The Hall–Kier alpha value is -3.06. The summed E-state index contributed by atoms with van der Waals surface area (Å²) in [7, 11) is 1.62. The van der Waals surface area contributed by atoms with E-state index in [0.717, 1.165) is 33.6 Å². The van der Waals surface area contributed by atoms with Crippen molar-refractivity contribution >= 4 is 39.9 Å². The van der Waals surface area contributed by atoms with Gasteiger partial charge in [0.15, 0.2) is 10.8 Å². The van der Waals surface area contributed by atoms with E-state index in [1.807, 2.05) is 60.7 Å². The number of hydrogen-bond acceptors (Lipinski definition) is 5. The molecule has 2 aromatic carbocycles. The summed E-state index contributed by atoms with van der Waals surface area (Å²) in [5.41, 5.74) is 3.71. The Kier molecular flexibility index (Phi) is 5.63. The van der Waals surface area contributed by atoms with Crippen LogP contribution >= 0.6 is 11.8 Å². The maximum absolute atomic E-state index is 13.1. The van der Waals surface area contributed by atoms with Crippen molar-refractivity contribution in [3.63, 3.8) is 0 Å². The molecule has 0 radical (unpaired) electrons. The summed E-state index contributed by atoms with van der Waals surface area (Å²) >= 11 is 1.44. The van der Waals surface area contributed by atoms with Gasteiger partial charge >= 0.3 is 0 Å². The van der Waals surface area contributed by atoms with Crippen molar-refractivity contribution in [2.75, 3.05) is 12.4 Å². The average molecular weight is 421 g/mol. The predicted molar refractivity (Wildman–Crippen MR) is 121 cm³/mol. The van der Waals surface area contributed by atoms with Gasteiger partial charge in [-0.3, -0.25) is 9.20 Å². The predicted octanol–water partition coefficient (Wildman–Crippen LogP) is 4.95. The SMILES string of the molecule is COc1ccc(NC(=O)C(Sc2nnc3cc(C)c4ccccc4n23)C(C)C)cc1. The Balaban J connectivity index is 1.65. The van der Waals surface area contributed by atoms with E-state index >= 15 is 0 Å². The number of aryl methyl sites for hydroxylation is 1. The Morgan fingerprint density at radius 3 is 2.53 bits per heavy atom. The van der Waals surface area contributed by atoms with Crippen molar-refractivity contribution in [3.8, 4) is 5.75 Å². The van der Waals surface area contributed by atoms with Crippen LogP contribution in [0, 0.1) is 12.8 Å². The van der Waals surface area contributed by atoms with E-state index in [1.54, 1.807) is 7.11 Å². The number of anilines is 1. The van der Waals surface area contributed by atoms with Crippen LogP contribution in [-0.2, 0) is 4.79 Å². The second-order valence-corrected chi connectivity index (χ2v) is 8.63. The summed E-state index contributed by atoms with van der Waals surface area (Å²) in [4.78, 5) is 13.1. The molecule has 0 bridgehead atoms. The number of nitrogens with zero attached hydrogens (tertiary/aromatic N) is 3. The van der Waals surface area contributed by atoms with Gasteiger partial charge in [0.2, 0.25) is 5.91 Å². The molecule has 0 saturated heterocycles. The Bertz CT molecular complexity index is 1200. The zero-order valence-corrected chi connectivity index (χ0v) is 18.2. The van der Waals surface area contributed by atoms with Crippen molar-refractivity contribution < 1.29 is 9.53 Å². The molecule has 0 spiro atoms. The molecular formula is C23H24N4O2S. The zero-order valence-electron chi connectivity index (χ0n) is 17.4. The molecule has 1 amide bonds. The van der Waals surface area contributed by atoms with E-state index in [9.17, 15) is 4.79 Å². The van der Waals surface area contributed by atoms with Gasteiger partial charge in [-0.1, -0.05) is 43.8 Å². The van der Waals surface area contributed by atoms with Gasteiger partial charge in [0.1, 0.15) is 5.75 Å². The standard InChI is InChI=1S/C23H24N4O2S/c1-14(2)21(22(28)24-16-9-11-17(29-4)12-10-16)30-23-26-25-20-13-15(3)18-7-5-6-8-19(18)27(20)23/h5-14,21H,1-4H3,(H,24,28). The van der Waals surface area contributed by atoms with Crippen molar-refractivity contribution in [2.45, 2.75) is 31.2 Å². The fourth-order valence-corrected chi connectivity index (χ4v) is 4.50. The summed E-state index contributed by atoms with van der Waals surface area (Å²) < 4.78 is 7.21. The molecule has 1 atom stereocenters. The minimum atomic E-state index is -0.320. The molecule has 0 aliphatic heterocycles. The lowest BCUT2D eigenvalue weighted by Crippen LogP contribution is -2.29. The molecular weight excluding hydrogens is 396 g/mol. The number of carbonyl (C=O) groups is 1. The molecule has 0 fully saturated rings. The van der Waals surface area contributed by atoms with Crippen LogP contribution in [-0.4, -0.2) is 32.9 Å². The number of thioether (sulfide) groups is 1. The molecule has 0 aliphatic carbocycles. The van der Waals surface area contributed by atoms with Gasteiger partial charge in [0, 0.05) is 11.1 Å². The van der Waals surface area contributed by atoms with Crippen LogP contribution in [0.2, 0.25) is 0 Å². The second-order valence-electron chi connectivity index (χ2n) is 7.52. The first kappa shape index (κ1) is 20.2. The van der Waals surface area contributed by atoms with Gasteiger partial charge in [-0.15, -0.1) is 10.2 Å². The fraction of sp³-hybridized carbons (Fsp3) is 0.261. The normalized spacial score (nSPS) is 12.4. The van der Waals surface area contributed by atoms with Crippen LogP contribution in [0.3, 0.4) is 0 Å². The first-order valence-electron chi connectivity index (χ1n) is 9.83. The van der Waals surface area contributed by atoms with Crippen molar-refractivity contribution in [2.24, 2.45) is 5.92 Å². The van der Waals surface area contributed by atoms with Crippen LogP contribution in [0.4, 0.5) is 5.69 Å². The maximum Gasteiger partial charge on any atom is 0.238 e. The number of ether oxygens (including phenoxy) is 1. The van der Waals surface area contributed by atoms with E-state index in [2.05, 4.69) is 34.6 Å². The zero-order chi connectivity index (χ0) is 21.3. The van der Waals surface area contributed by atoms with Crippen molar-refractivity contribution in [1.29, 1.82) is 0 Å². The van der Waals surface area contributed by atoms with E-state index < -0.39 is 0 Å². The molecule has 2 heterocycles. The highest BCUT2D eigenvalue weighted by atomic mass is 32.2. The lowest BCUT2D eigenvalue weighted by atomic mass is 10.1. The third kappa shape index (κ3) is 3.85. The van der Waals surface area contributed by atoms with Crippen LogP contribution in [0.25, 0.3) is 16.6 Å². The van der Waals surface area contributed by atoms with E-state index in [-0.39, 0.29) is 17.1 Å². The molecule has 1 N–H and O–H groups in total. The van der Waals surface area contributed by atoms with Crippen molar-refractivity contribution in [3.05, 3.63) is 60.2 Å². The average Bonchev–Trinajstić information content (AvgIpc) is 3.15. The van der Waals surface area contributed by atoms with Crippen LogP contribution in [0.15, 0.2) is 59.8 Å². The highest BCUT2D eigenvalue weighted by Crippen LogP contribution is 2.31. The van der Waals surface area contributed by atoms with Crippen LogP contribution in [0.5, 0.6) is 5.75 Å². The molecule has 0 saturated carbocycles. The number of hydrogen-bond donors (Lipinski definition) is 1. The molecule has 4 rings (SSSR count). The van der Waals surface area contributed by atoms with Gasteiger partial charge < -0.3 is 10.1 Å². The van der Waals surface area contributed by atoms with E-state index in [4.69, 9.17) is 4.74 Å². The summed E-state index contributed by atoms with van der Waals surface area (Å²) in [6.45, 7) is 6.15. The Morgan fingerprint density at radius 2 is 1.83 bits per heavy atom. The molecule has 0 aliphatic rings. The van der Waals surface area contributed by atoms with Gasteiger partial charge in [-0.05, 0) is 54.8 Å². The molecule has 6 nitrogen and oxygen atoms in total. The number of methoxy groups -OCH3 is 1. The van der Waals surface area contributed by atoms with Gasteiger partial charge in [-0.25, -0.2) is 0 Å². The highest BCUT2D eigenvalue weighted by molar-refractivity contribution is 8.00. The molecule has 4 aromatic rings. The van der Waals surface area contributed by atoms with Crippen LogP contribution < -0.4 is 10.1 Å². The number of fused-ring (bicyclic) bond motifs is 3. The number of amides is 1. The maximum atomic E-state index is 13.1. The lowest BCUT2D eigenvalue weighted by molar-refractivity contribution is -0.116. The number of carbonyl (C=O) groups excluding carboxylic acids is 1. The number of para-hydroxylation sites is 1. The molecule has 7 heteroatoms. The Labute approximate surface area is 179 Å². The summed E-state index contributed by atoms with van der Waals surface area (Å²) in [6.07, 6.45) is 0. The smallest absolute Gasteiger partial charge is 0.238 e. The minimum absolute atomic E-state index is 0.0617. The largest absolute Gasteiger partial charge is 0.497 e. The molecule has 1 unspecified atom stereocenters. The van der Waals surface area contributed by atoms with Gasteiger partial charge in [0.25, 0.3) is 0 Å². The summed E-state index contributed by atoms with van der Waals surface area (Å²) in [5, 5.41) is 13.3. The van der Waals surface area contributed by atoms with Crippen molar-refractivity contribution in [1.82, 2.24) is 14.6 Å². The van der Waals surface area contributed by atoms with Gasteiger partial charge in [-0.2, -0.15) is 0 Å². The quantitative estimate of drug-likeness (QED) is 0.447. The number of benzene rings is 2. The molecule has 2 aromatic heterocycles. The van der Waals surface area contributed by atoms with E-state index in [0.29, 0.717) is 5.16 Å². The number of nitrogens with one attached hydrogen (secondary N) is 1. The molecule has 154 valence electrons. The Morgan fingerprint density at radius 1 is 1.10 bits per heavy atom. The lowest BCUT2D eigenvalue weighted by Gasteiger charge is -2.19. The third-order valence-corrected chi connectivity index (χ3v) is 6.52. The fourth-order valence-electron chi connectivity index (χ4n) is 3.44. The first-order valence-corrected chi connectivity index (χ1v) is 10.7. The number of aromatic nitrogens is 3. The monoisotopic (exact) mass is 420 g/mol. The number of pyridine rings is 1. The first-order chi connectivity index (χ1) is 14.5. The summed E-state index contributed by atoms with van der Waals surface area (Å²) in [5.74, 6) is 0.797. The molecule has 30 heavy (non-hydrogen) atoms. The minimum Gasteiger partial charge on any atom is -0.497 e. The third-order valence-electron chi connectivity index (χ3n) is 5.03. The highest BCUT2D eigenvalue weighted by Gasteiger charge is 2.26. The number of rotatable bonds is 6.